The van der Waals surface area contributed by atoms with E-state index in [0.29, 0.717) is 13.0 Å². The lowest BCUT2D eigenvalue weighted by Crippen LogP contribution is -2.34. The number of benzene rings is 1. The van der Waals surface area contributed by atoms with Crippen molar-refractivity contribution in [1.29, 1.82) is 0 Å². The maximum absolute atomic E-state index is 12.1. The Hall–Kier alpha value is -1.35. The summed E-state index contributed by atoms with van der Waals surface area (Å²) < 4.78 is 0. The number of hydrogen-bond acceptors (Lipinski definition) is 2. The van der Waals surface area contributed by atoms with E-state index in [9.17, 15) is 9.90 Å². The number of carbonyl (C=O) groups is 1. The van der Waals surface area contributed by atoms with Crippen LogP contribution in [0.4, 0.5) is 0 Å². The maximum Gasteiger partial charge on any atom is 0.228 e. The highest BCUT2D eigenvalue weighted by atomic mass is 16.3. The van der Waals surface area contributed by atoms with Crippen LogP contribution >= 0.6 is 0 Å². The van der Waals surface area contributed by atoms with Crippen molar-refractivity contribution in [2.24, 2.45) is 5.92 Å². The molecule has 0 saturated carbocycles. The molecule has 0 aliphatic heterocycles. The summed E-state index contributed by atoms with van der Waals surface area (Å²) in [6.07, 6.45) is 4.28. The van der Waals surface area contributed by atoms with Gasteiger partial charge in [0.15, 0.2) is 0 Å². The van der Waals surface area contributed by atoms with Crippen LogP contribution in [0.15, 0.2) is 18.2 Å². The average molecular weight is 261 g/mol. The molecular weight excluding hydrogens is 238 g/mol. The van der Waals surface area contributed by atoms with E-state index in [0.717, 1.165) is 6.42 Å². The second-order valence-corrected chi connectivity index (χ2v) is 5.44. The van der Waals surface area contributed by atoms with Crippen LogP contribution in [0.2, 0.25) is 0 Å². The number of hydrogen-bond donors (Lipinski definition) is 1. The zero-order valence-corrected chi connectivity index (χ0v) is 11.9. The monoisotopic (exact) mass is 261 g/mol. The Morgan fingerprint density at radius 3 is 2.79 bits per heavy atom. The second kappa shape index (κ2) is 6.20. The van der Waals surface area contributed by atoms with E-state index in [4.69, 9.17) is 0 Å². The van der Waals surface area contributed by atoms with Gasteiger partial charge >= 0.3 is 0 Å². The number of aryl methyl sites for hydroxylation is 2. The van der Waals surface area contributed by atoms with Crippen molar-refractivity contribution in [2.75, 3.05) is 13.7 Å². The van der Waals surface area contributed by atoms with Crippen molar-refractivity contribution in [2.45, 2.75) is 39.2 Å². The highest BCUT2D eigenvalue weighted by Crippen LogP contribution is 2.23. The number of rotatable bonds is 5. The van der Waals surface area contributed by atoms with E-state index in [1.54, 1.807) is 4.90 Å². The van der Waals surface area contributed by atoms with Gasteiger partial charge in [0, 0.05) is 13.6 Å². The minimum absolute atomic E-state index is 0.0329. The Balaban J connectivity index is 2.02. The molecule has 19 heavy (non-hydrogen) atoms. The molecule has 1 unspecified atom stereocenters. The lowest BCUT2D eigenvalue weighted by Gasteiger charge is -2.22. The summed E-state index contributed by atoms with van der Waals surface area (Å²) in [5, 5.41) is 9.19. The molecule has 3 heteroatoms. The highest BCUT2D eigenvalue weighted by Gasteiger charge is 2.20. The normalized spacial score (nSPS) is 15.1. The van der Waals surface area contributed by atoms with Gasteiger partial charge in [-0.15, -0.1) is 0 Å². The predicted octanol–water partition coefficient (Wildman–Crippen LogP) is 2.15. The van der Waals surface area contributed by atoms with Crippen LogP contribution in [-0.4, -0.2) is 29.6 Å². The van der Waals surface area contributed by atoms with Crippen LogP contribution in [0, 0.1) is 5.92 Å². The van der Waals surface area contributed by atoms with Gasteiger partial charge in [-0.25, -0.2) is 0 Å². The van der Waals surface area contributed by atoms with E-state index >= 15 is 0 Å². The van der Waals surface area contributed by atoms with Crippen molar-refractivity contribution in [3.8, 4) is 0 Å². The third kappa shape index (κ3) is 3.16. The molecular formula is C16H23NO2. The molecule has 0 spiro atoms. The Bertz CT molecular complexity index is 452. The van der Waals surface area contributed by atoms with Gasteiger partial charge in [0.2, 0.25) is 5.91 Å². The second-order valence-electron chi connectivity index (χ2n) is 5.44. The topological polar surface area (TPSA) is 40.5 Å². The van der Waals surface area contributed by atoms with E-state index < -0.39 is 0 Å². The molecule has 0 bridgehead atoms. The van der Waals surface area contributed by atoms with Crippen LogP contribution in [0.3, 0.4) is 0 Å². The Morgan fingerprint density at radius 1 is 1.37 bits per heavy atom. The number of aliphatic hydroxyl groups is 1. The van der Waals surface area contributed by atoms with E-state index in [2.05, 4.69) is 18.2 Å². The summed E-state index contributed by atoms with van der Waals surface area (Å²) in [6, 6.07) is 6.54. The molecule has 0 heterocycles. The maximum atomic E-state index is 12.1. The summed E-state index contributed by atoms with van der Waals surface area (Å²) >= 11 is 0. The van der Waals surface area contributed by atoms with Crippen molar-refractivity contribution in [3.63, 3.8) is 0 Å². The Kier molecular flexibility index (Phi) is 4.59. The Morgan fingerprint density at radius 2 is 2.11 bits per heavy atom. The van der Waals surface area contributed by atoms with Gasteiger partial charge in [-0.05, 0) is 42.4 Å². The fourth-order valence-electron chi connectivity index (χ4n) is 2.77. The van der Waals surface area contributed by atoms with Crippen molar-refractivity contribution in [3.05, 3.63) is 34.9 Å². The minimum atomic E-state index is -0.264. The lowest BCUT2D eigenvalue weighted by molar-refractivity contribution is -0.136. The predicted molar refractivity (Wildman–Crippen MR) is 75.8 cm³/mol. The molecule has 0 saturated heterocycles. The van der Waals surface area contributed by atoms with Gasteiger partial charge in [0.25, 0.3) is 0 Å². The van der Waals surface area contributed by atoms with E-state index in [-0.39, 0.29) is 18.4 Å². The quantitative estimate of drug-likeness (QED) is 0.882. The van der Waals surface area contributed by atoms with Gasteiger partial charge in [-0.2, -0.15) is 0 Å². The standard InChI is InChI=1S/C16H23NO2/c1-3-13(11-18)16(19)17(2)10-12-7-8-14-5-4-6-15(14)9-12/h7-9,13,18H,3-6,10-11H2,1-2H3. The third-order valence-electron chi connectivity index (χ3n) is 4.02. The molecule has 3 nitrogen and oxygen atoms in total. The fraction of sp³-hybridized carbons (Fsp3) is 0.562. The molecule has 0 radical (unpaired) electrons. The molecule has 0 fully saturated rings. The smallest absolute Gasteiger partial charge is 0.228 e. The zero-order chi connectivity index (χ0) is 13.8. The van der Waals surface area contributed by atoms with Crippen LogP contribution in [0.25, 0.3) is 0 Å². The number of aliphatic hydroxyl groups excluding tert-OH is 1. The van der Waals surface area contributed by atoms with Crippen LogP contribution < -0.4 is 0 Å². The summed E-state index contributed by atoms with van der Waals surface area (Å²) in [7, 11) is 1.81. The first-order valence-corrected chi connectivity index (χ1v) is 7.12. The van der Waals surface area contributed by atoms with Gasteiger partial charge in [-0.1, -0.05) is 25.1 Å². The largest absolute Gasteiger partial charge is 0.396 e. The summed E-state index contributed by atoms with van der Waals surface area (Å²) in [6.45, 7) is 2.49. The van der Waals surface area contributed by atoms with Gasteiger partial charge in [-0.3, -0.25) is 4.79 Å². The first kappa shape index (κ1) is 14.1. The van der Waals surface area contributed by atoms with E-state index in [1.807, 2.05) is 14.0 Å². The molecule has 1 aliphatic carbocycles. The first-order valence-electron chi connectivity index (χ1n) is 7.12. The SMILES string of the molecule is CCC(CO)C(=O)N(C)Cc1ccc2c(c1)CCC2. The molecule has 1 amide bonds. The lowest BCUT2D eigenvalue weighted by atomic mass is 10.0. The van der Waals surface area contributed by atoms with Gasteiger partial charge in [0.05, 0.1) is 12.5 Å². The van der Waals surface area contributed by atoms with Crippen molar-refractivity contribution < 1.29 is 9.90 Å². The molecule has 1 aromatic rings. The molecule has 1 aliphatic rings. The summed E-state index contributed by atoms with van der Waals surface area (Å²) in [4.78, 5) is 13.8. The average Bonchev–Trinajstić information content (AvgIpc) is 2.87. The number of fused-ring (bicyclic) bond motifs is 1. The Labute approximate surface area is 115 Å². The summed E-state index contributed by atoms with van der Waals surface area (Å²) in [5.74, 6) is -0.232. The highest BCUT2D eigenvalue weighted by molar-refractivity contribution is 5.78. The van der Waals surface area contributed by atoms with Crippen LogP contribution in [0.5, 0.6) is 0 Å². The van der Waals surface area contributed by atoms with Gasteiger partial charge < -0.3 is 10.0 Å². The van der Waals surface area contributed by atoms with Crippen molar-refractivity contribution in [1.82, 2.24) is 4.90 Å². The number of carbonyl (C=O) groups excluding carboxylic acids is 1. The first-order chi connectivity index (χ1) is 9.15. The molecule has 2 rings (SSSR count). The third-order valence-corrected chi connectivity index (χ3v) is 4.02. The number of amides is 1. The van der Waals surface area contributed by atoms with Crippen LogP contribution in [0.1, 0.15) is 36.5 Å². The molecule has 1 N–H and O–H groups in total. The number of nitrogens with zero attached hydrogens (tertiary/aromatic N) is 1. The molecule has 104 valence electrons. The van der Waals surface area contributed by atoms with Crippen LogP contribution in [-0.2, 0) is 24.2 Å². The van der Waals surface area contributed by atoms with Crippen molar-refractivity contribution >= 4 is 5.91 Å². The van der Waals surface area contributed by atoms with Gasteiger partial charge in [0.1, 0.15) is 0 Å². The fourth-order valence-corrected chi connectivity index (χ4v) is 2.77. The molecule has 1 aromatic carbocycles. The molecule has 0 aromatic heterocycles. The van der Waals surface area contributed by atoms with E-state index in [1.165, 1.54) is 29.5 Å². The zero-order valence-electron chi connectivity index (χ0n) is 11.9. The molecule has 1 atom stereocenters. The summed E-state index contributed by atoms with van der Waals surface area (Å²) in [5.41, 5.74) is 4.08. The minimum Gasteiger partial charge on any atom is -0.396 e.